The molecular weight excluding hydrogens is 176 g/mol. The minimum Gasteiger partial charge on any atom is -0.366 e. The van der Waals surface area contributed by atoms with Gasteiger partial charge in [0.05, 0.1) is 0 Å². The summed E-state index contributed by atoms with van der Waals surface area (Å²) in [4.78, 5) is 13.2. The Balaban J connectivity index is 3.77. The predicted octanol–water partition coefficient (Wildman–Crippen LogP) is 1.54. The SMILES string of the molecule is C/C=C(\CCCN(CC)CC)C(N)=O. The number of hydrogen-bond acceptors (Lipinski definition) is 2. The van der Waals surface area contributed by atoms with Gasteiger partial charge in [-0.3, -0.25) is 4.79 Å². The first-order chi connectivity index (χ1) is 6.65. The van der Waals surface area contributed by atoms with Gasteiger partial charge in [-0.2, -0.15) is 0 Å². The quantitative estimate of drug-likeness (QED) is 0.631. The first-order valence-corrected chi connectivity index (χ1v) is 5.33. The van der Waals surface area contributed by atoms with E-state index >= 15 is 0 Å². The number of nitrogens with zero attached hydrogens (tertiary/aromatic N) is 1. The molecule has 3 heteroatoms. The highest BCUT2D eigenvalue weighted by Gasteiger charge is 2.04. The topological polar surface area (TPSA) is 46.3 Å². The van der Waals surface area contributed by atoms with Crippen molar-refractivity contribution in [2.45, 2.75) is 33.6 Å². The number of allylic oxidation sites excluding steroid dienone is 1. The molecular formula is C11H22N2O. The minimum absolute atomic E-state index is 0.285. The van der Waals surface area contributed by atoms with E-state index in [1.165, 1.54) is 0 Å². The van der Waals surface area contributed by atoms with Crippen LogP contribution in [-0.2, 0) is 4.79 Å². The van der Waals surface area contributed by atoms with Crippen LogP contribution in [0.15, 0.2) is 11.6 Å². The minimum atomic E-state index is -0.285. The van der Waals surface area contributed by atoms with Crippen molar-refractivity contribution >= 4 is 5.91 Å². The average molecular weight is 198 g/mol. The second-order valence-corrected chi connectivity index (χ2v) is 3.31. The van der Waals surface area contributed by atoms with Crippen LogP contribution in [0.2, 0.25) is 0 Å². The van der Waals surface area contributed by atoms with Gasteiger partial charge < -0.3 is 10.6 Å². The van der Waals surface area contributed by atoms with Gasteiger partial charge in [-0.1, -0.05) is 19.9 Å². The highest BCUT2D eigenvalue weighted by atomic mass is 16.1. The van der Waals surface area contributed by atoms with Crippen molar-refractivity contribution in [3.63, 3.8) is 0 Å². The largest absolute Gasteiger partial charge is 0.366 e. The van der Waals surface area contributed by atoms with Crippen molar-refractivity contribution in [2.75, 3.05) is 19.6 Å². The van der Waals surface area contributed by atoms with Gasteiger partial charge in [0, 0.05) is 5.57 Å². The summed E-state index contributed by atoms with van der Waals surface area (Å²) in [6.45, 7) is 9.33. The van der Waals surface area contributed by atoms with Crippen LogP contribution in [0.5, 0.6) is 0 Å². The van der Waals surface area contributed by atoms with Crippen molar-refractivity contribution in [1.29, 1.82) is 0 Å². The maximum Gasteiger partial charge on any atom is 0.244 e. The third-order valence-electron chi connectivity index (χ3n) is 2.48. The van der Waals surface area contributed by atoms with Crippen LogP contribution in [0.3, 0.4) is 0 Å². The van der Waals surface area contributed by atoms with Crippen LogP contribution in [-0.4, -0.2) is 30.4 Å². The van der Waals surface area contributed by atoms with Crippen molar-refractivity contribution in [3.8, 4) is 0 Å². The Morgan fingerprint density at radius 1 is 1.36 bits per heavy atom. The van der Waals surface area contributed by atoms with E-state index in [2.05, 4.69) is 18.7 Å². The number of carbonyl (C=O) groups is 1. The third-order valence-corrected chi connectivity index (χ3v) is 2.48. The highest BCUT2D eigenvalue weighted by molar-refractivity contribution is 5.91. The molecule has 3 nitrogen and oxygen atoms in total. The van der Waals surface area contributed by atoms with E-state index in [0.29, 0.717) is 0 Å². The number of primary amides is 1. The maximum atomic E-state index is 10.9. The molecule has 82 valence electrons. The number of amides is 1. The summed E-state index contributed by atoms with van der Waals surface area (Å²) >= 11 is 0. The van der Waals surface area contributed by atoms with Crippen LogP contribution in [0.25, 0.3) is 0 Å². The first-order valence-electron chi connectivity index (χ1n) is 5.33. The van der Waals surface area contributed by atoms with E-state index < -0.39 is 0 Å². The lowest BCUT2D eigenvalue weighted by Crippen LogP contribution is -2.24. The van der Waals surface area contributed by atoms with Crippen LogP contribution < -0.4 is 5.73 Å². The Bertz CT molecular complexity index is 195. The lowest BCUT2D eigenvalue weighted by atomic mass is 10.1. The molecule has 0 heterocycles. The van der Waals surface area contributed by atoms with Gasteiger partial charge in [0.2, 0.25) is 5.91 Å². The summed E-state index contributed by atoms with van der Waals surface area (Å²) in [5, 5.41) is 0. The molecule has 0 aliphatic carbocycles. The van der Waals surface area contributed by atoms with E-state index in [1.807, 2.05) is 13.0 Å². The summed E-state index contributed by atoms with van der Waals surface area (Å²) in [7, 11) is 0. The van der Waals surface area contributed by atoms with Gasteiger partial charge in [-0.25, -0.2) is 0 Å². The zero-order chi connectivity index (χ0) is 11.0. The van der Waals surface area contributed by atoms with Gasteiger partial charge in [0.1, 0.15) is 0 Å². The van der Waals surface area contributed by atoms with Crippen LogP contribution in [0.4, 0.5) is 0 Å². The summed E-state index contributed by atoms with van der Waals surface area (Å²) in [5.74, 6) is -0.285. The Labute approximate surface area is 87.0 Å². The Morgan fingerprint density at radius 3 is 2.29 bits per heavy atom. The number of hydrogen-bond donors (Lipinski definition) is 1. The summed E-state index contributed by atoms with van der Waals surface area (Å²) in [6.07, 6.45) is 3.61. The van der Waals surface area contributed by atoms with E-state index in [1.54, 1.807) is 0 Å². The van der Waals surface area contributed by atoms with Gasteiger partial charge in [-0.15, -0.1) is 0 Å². The first kappa shape index (κ1) is 13.2. The lowest BCUT2D eigenvalue weighted by Gasteiger charge is -2.17. The molecule has 0 fully saturated rings. The van der Waals surface area contributed by atoms with Crippen molar-refractivity contribution < 1.29 is 4.79 Å². The molecule has 0 aromatic carbocycles. The fraction of sp³-hybridized carbons (Fsp3) is 0.727. The summed E-state index contributed by atoms with van der Waals surface area (Å²) < 4.78 is 0. The van der Waals surface area contributed by atoms with Crippen LogP contribution in [0, 0.1) is 0 Å². The van der Waals surface area contributed by atoms with Gasteiger partial charge in [0.15, 0.2) is 0 Å². The van der Waals surface area contributed by atoms with Gasteiger partial charge in [0.25, 0.3) is 0 Å². The Morgan fingerprint density at radius 2 is 1.93 bits per heavy atom. The summed E-state index contributed by atoms with van der Waals surface area (Å²) in [6, 6.07) is 0. The average Bonchev–Trinajstić information content (AvgIpc) is 2.18. The molecule has 0 spiro atoms. The molecule has 2 N–H and O–H groups in total. The highest BCUT2D eigenvalue weighted by Crippen LogP contribution is 2.05. The molecule has 0 saturated heterocycles. The molecule has 0 bridgehead atoms. The molecule has 0 aromatic rings. The zero-order valence-corrected chi connectivity index (χ0v) is 9.55. The second-order valence-electron chi connectivity index (χ2n) is 3.31. The molecule has 0 aromatic heterocycles. The number of rotatable bonds is 7. The van der Waals surface area contributed by atoms with E-state index in [9.17, 15) is 4.79 Å². The van der Waals surface area contributed by atoms with Crippen molar-refractivity contribution in [1.82, 2.24) is 4.90 Å². The fourth-order valence-electron chi connectivity index (χ4n) is 1.44. The number of carbonyl (C=O) groups excluding carboxylic acids is 1. The second kappa shape index (κ2) is 7.56. The lowest BCUT2D eigenvalue weighted by molar-refractivity contribution is -0.114. The Hall–Kier alpha value is -0.830. The summed E-state index contributed by atoms with van der Waals surface area (Å²) in [5.41, 5.74) is 5.96. The normalized spacial score (nSPS) is 12.1. The fourth-order valence-corrected chi connectivity index (χ4v) is 1.44. The molecule has 0 atom stereocenters. The van der Waals surface area contributed by atoms with Crippen LogP contribution >= 0.6 is 0 Å². The van der Waals surface area contributed by atoms with Crippen molar-refractivity contribution in [2.24, 2.45) is 5.73 Å². The molecule has 0 unspecified atom stereocenters. The predicted molar refractivity (Wildman–Crippen MR) is 60.0 cm³/mol. The standard InChI is InChI=1S/C11H22N2O/c1-4-10(11(12)14)8-7-9-13(5-2)6-3/h4H,5-9H2,1-3H3,(H2,12,14)/b10-4+. The smallest absolute Gasteiger partial charge is 0.244 e. The number of nitrogens with two attached hydrogens (primary N) is 1. The third kappa shape index (κ3) is 5.02. The van der Waals surface area contributed by atoms with Crippen LogP contribution in [0.1, 0.15) is 33.6 Å². The molecule has 0 saturated carbocycles. The molecule has 0 rings (SSSR count). The maximum absolute atomic E-state index is 10.9. The zero-order valence-electron chi connectivity index (χ0n) is 9.55. The Kier molecular flexibility index (Phi) is 7.11. The molecule has 0 aliphatic rings. The van der Waals surface area contributed by atoms with E-state index in [0.717, 1.165) is 38.0 Å². The molecule has 0 radical (unpaired) electrons. The van der Waals surface area contributed by atoms with E-state index in [4.69, 9.17) is 5.73 Å². The molecule has 0 aliphatic heterocycles. The monoisotopic (exact) mass is 198 g/mol. The van der Waals surface area contributed by atoms with Gasteiger partial charge in [-0.05, 0) is 39.4 Å². The van der Waals surface area contributed by atoms with E-state index in [-0.39, 0.29) is 5.91 Å². The molecule has 1 amide bonds. The molecule has 14 heavy (non-hydrogen) atoms. The van der Waals surface area contributed by atoms with Gasteiger partial charge >= 0.3 is 0 Å². The van der Waals surface area contributed by atoms with Crippen molar-refractivity contribution in [3.05, 3.63) is 11.6 Å².